The zero-order valence-corrected chi connectivity index (χ0v) is 17.8. The number of nitrogens with one attached hydrogen (secondary N) is 2. The van der Waals surface area contributed by atoms with E-state index in [0.717, 1.165) is 12.5 Å². The van der Waals surface area contributed by atoms with Crippen LogP contribution in [-0.2, 0) is 17.4 Å². The molecule has 2 heterocycles. The van der Waals surface area contributed by atoms with Crippen molar-refractivity contribution in [3.05, 3.63) is 52.2 Å². The molecule has 1 aromatic heterocycles. The minimum atomic E-state index is -4.54. The van der Waals surface area contributed by atoms with E-state index in [-0.39, 0.29) is 18.3 Å². The molecule has 3 rings (SSSR count). The molecule has 2 aromatic rings. The van der Waals surface area contributed by atoms with Gasteiger partial charge in [0.25, 0.3) is 0 Å². The van der Waals surface area contributed by atoms with Crippen LogP contribution in [-0.4, -0.2) is 61.0 Å². The number of hydrogen-bond donors (Lipinski definition) is 2. The Bertz CT molecular complexity index is 874. The van der Waals surface area contributed by atoms with E-state index in [4.69, 9.17) is 0 Å². The predicted octanol–water partition coefficient (Wildman–Crippen LogP) is 3.67. The normalized spacial score (nSPS) is 15.4. The van der Waals surface area contributed by atoms with E-state index in [9.17, 15) is 22.8 Å². The highest BCUT2D eigenvalue weighted by atomic mass is 32.1. The van der Waals surface area contributed by atoms with Crippen LogP contribution in [0.5, 0.6) is 0 Å². The number of benzene rings is 1. The predicted molar refractivity (Wildman–Crippen MR) is 114 cm³/mol. The number of carbonyl (C=O) groups excluding carboxylic acids is 2. The summed E-state index contributed by atoms with van der Waals surface area (Å²) in [5.74, 6) is -0.509. The number of nitrogens with zero attached hydrogens (tertiary/aromatic N) is 2. The fourth-order valence-electron chi connectivity index (χ4n) is 3.42. The van der Waals surface area contributed by atoms with Crippen molar-refractivity contribution in [2.24, 2.45) is 0 Å². The Morgan fingerprint density at radius 1 is 1.03 bits per heavy atom. The number of hydrogen-bond acceptors (Lipinski definition) is 4. The van der Waals surface area contributed by atoms with Gasteiger partial charge in [0.2, 0.25) is 5.91 Å². The molecule has 0 aliphatic carbocycles. The van der Waals surface area contributed by atoms with Crippen LogP contribution in [0.2, 0.25) is 0 Å². The zero-order valence-electron chi connectivity index (χ0n) is 17.0. The first-order chi connectivity index (χ1) is 14.8. The first-order valence-electron chi connectivity index (χ1n) is 10.1. The van der Waals surface area contributed by atoms with Crippen molar-refractivity contribution < 1.29 is 22.8 Å². The van der Waals surface area contributed by atoms with Gasteiger partial charge in [0.05, 0.1) is 17.8 Å². The number of carbonyl (C=O) groups is 2. The molecule has 10 heteroatoms. The van der Waals surface area contributed by atoms with Gasteiger partial charge in [-0.05, 0) is 36.4 Å². The molecule has 0 saturated carbocycles. The highest BCUT2D eigenvalue weighted by Crippen LogP contribution is 2.34. The van der Waals surface area contributed by atoms with Gasteiger partial charge in [-0.3, -0.25) is 9.69 Å². The van der Waals surface area contributed by atoms with Crippen LogP contribution in [0.1, 0.15) is 16.9 Å². The minimum Gasteiger partial charge on any atom is -0.338 e. The Morgan fingerprint density at radius 3 is 2.58 bits per heavy atom. The molecule has 0 radical (unpaired) electrons. The van der Waals surface area contributed by atoms with Crippen molar-refractivity contribution >= 4 is 29.0 Å². The van der Waals surface area contributed by atoms with Crippen molar-refractivity contribution in [3.8, 4) is 0 Å². The number of para-hydroxylation sites is 1. The molecule has 168 valence electrons. The molecule has 1 aromatic carbocycles. The van der Waals surface area contributed by atoms with Crippen LogP contribution >= 0.6 is 11.3 Å². The van der Waals surface area contributed by atoms with E-state index < -0.39 is 17.6 Å². The topological polar surface area (TPSA) is 64.7 Å². The minimum absolute atomic E-state index is 0.0277. The lowest BCUT2D eigenvalue weighted by Crippen LogP contribution is -2.43. The SMILES string of the molecule is O=C(CN1CCCN(C(=O)NCCc2cccs2)CC1)Nc1ccccc1C(F)(F)F. The molecule has 1 aliphatic rings. The summed E-state index contributed by atoms with van der Waals surface area (Å²) in [7, 11) is 0. The highest BCUT2D eigenvalue weighted by Gasteiger charge is 2.33. The smallest absolute Gasteiger partial charge is 0.338 e. The molecule has 0 unspecified atom stereocenters. The number of halogens is 3. The number of anilines is 1. The zero-order chi connectivity index (χ0) is 22.3. The van der Waals surface area contributed by atoms with Gasteiger partial charge < -0.3 is 15.5 Å². The molecule has 1 saturated heterocycles. The van der Waals surface area contributed by atoms with Crippen LogP contribution in [0.15, 0.2) is 41.8 Å². The first kappa shape index (κ1) is 23.1. The average Bonchev–Trinajstić information content (AvgIpc) is 3.12. The number of amides is 3. The van der Waals surface area contributed by atoms with Crippen molar-refractivity contribution in [1.29, 1.82) is 0 Å². The van der Waals surface area contributed by atoms with Crippen molar-refractivity contribution in [3.63, 3.8) is 0 Å². The summed E-state index contributed by atoms with van der Waals surface area (Å²) in [6.45, 7) is 2.62. The molecule has 0 bridgehead atoms. The lowest BCUT2D eigenvalue weighted by molar-refractivity contribution is -0.137. The summed E-state index contributed by atoms with van der Waals surface area (Å²) in [6, 6.07) is 8.78. The first-order valence-corrected chi connectivity index (χ1v) is 10.9. The summed E-state index contributed by atoms with van der Waals surface area (Å²) >= 11 is 1.65. The Morgan fingerprint density at radius 2 is 1.84 bits per heavy atom. The maximum Gasteiger partial charge on any atom is 0.418 e. The number of thiophene rings is 1. The van der Waals surface area contributed by atoms with Crippen LogP contribution in [0.3, 0.4) is 0 Å². The maximum atomic E-state index is 13.1. The van der Waals surface area contributed by atoms with Gasteiger partial charge in [0, 0.05) is 37.6 Å². The quantitative estimate of drug-likeness (QED) is 0.700. The molecule has 6 nitrogen and oxygen atoms in total. The number of rotatable bonds is 6. The summed E-state index contributed by atoms with van der Waals surface area (Å²) in [5, 5.41) is 7.28. The van der Waals surface area contributed by atoms with E-state index >= 15 is 0 Å². The summed E-state index contributed by atoms with van der Waals surface area (Å²) < 4.78 is 39.3. The Labute approximate surface area is 183 Å². The van der Waals surface area contributed by atoms with Crippen LogP contribution in [0, 0.1) is 0 Å². The Balaban J connectivity index is 1.45. The van der Waals surface area contributed by atoms with E-state index in [0.29, 0.717) is 39.1 Å². The largest absolute Gasteiger partial charge is 0.418 e. The molecular weight excluding hydrogens is 429 g/mol. The molecule has 0 atom stereocenters. The Hall–Kier alpha value is -2.59. The number of alkyl halides is 3. The summed E-state index contributed by atoms with van der Waals surface area (Å²) in [4.78, 5) is 29.5. The van der Waals surface area contributed by atoms with Crippen molar-refractivity contribution in [2.45, 2.75) is 19.0 Å². The molecule has 3 amide bonds. The van der Waals surface area contributed by atoms with Gasteiger partial charge in [0.1, 0.15) is 0 Å². The molecule has 0 spiro atoms. The molecular formula is C21H25F3N4O2S. The van der Waals surface area contributed by atoms with Gasteiger partial charge in [-0.2, -0.15) is 13.2 Å². The van der Waals surface area contributed by atoms with Gasteiger partial charge in [-0.1, -0.05) is 18.2 Å². The van der Waals surface area contributed by atoms with Gasteiger partial charge in [0.15, 0.2) is 0 Å². The summed E-state index contributed by atoms with van der Waals surface area (Å²) in [5.41, 5.74) is -1.12. The second-order valence-electron chi connectivity index (χ2n) is 7.27. The Kier molecular flexibility index (Phi) is 7.91. The van der Waals surface area contributed by atoms with E-state index in [1.165, 1.54) is 23.1 Å². The summed E-state index contributed by atoms with van der Waals surface area (Å²) in [6.07, 6.45) is -3.07. The molecule has 1 fully saturated rings. The van der Waals surface area contributed by atoms with Crippen LogP contribution in [0.25, 0.3) is 0 Å². The van der Waals surface area contributed by atoms with Crippen LogP contribution < -0.4 is 10.6 Å². The lowest BCUT2D eigenvalue weighted by Gasteiger charge is -2.22. The van der Waals surface area contributed by atoms with E-state index in [1.807, 2.05) is 22.4 Å². The third kappa shape index (κ3) is 6.96. The van der Waals surface area contributed by atoms with E-state index in [2.05, 4.69) is 10.6 Å². The monoisotopic (exact) mass is 454 g/mol. The van der Waals surface area contributed by atoms with Crippen LogP contribution in [0.4, 0.5) is 23.7 Å². The molecule has 31 heavy (non-hydrogen) atoms. The lowest BCUT2D eigenvalue weighted by atomic mass is 10.1. The third-order valence-electron chi connectivity index (χ3n) is 4.98. The fraction of sp³-hybridized carbons (Fsp3) is 0.429. The van der Waals surface area contributed by atoms with E-state index in [1.54, 1.807) is 16.2 Å². The average molecular weight is 455 g/mol. The van der Waals surface area contributed by atoms with Gasteiger partial charge in [-0.25, -0.2) is 4.79 Å². The van der Waals surface area contributed by atoms with Crippen molar-refractivity contribution in [1.82, 2.24) is 15.1 Å². The second-order valence-corrected chi connectivity index (χ2v) is 8.30. The van der Waals surface area contributed by atoms with Gasteiger partial charge in [-0.15, -0.1) is 11.3 Å². The third-order valence-corrected chi connectivity index (χ3v) is 5.91. The maximum absolute atomic E-state index is 13.1. The standard InChI is InChI=1S/C21H25F3N4O2S/c22-21(23,24)17-6-1-2-7-18(17)26-19(29)15-27-10-4-11-28(13-12-27)20(30)25-9-8-16-5-3-14-31-16/h1-3,5-7,14H,4,8-13,15H2,(H,25,30)(H,26,29). The molecule has 2 N–H and O–H groups in total. The van der Waals surface area contributed by atoms with Crippen molar-refractivity contribution in [2.75, 3.05) is 44.6 Å². The number of urea groups is 1. The fourth-order valence-corrected chi connectivity index (χ4v) is 4.13. The highest BCUT2D eigenvalue weighted by molar-refractivity contribution is 7.09. The second kappa shape index (κ2) is 10.6. The molecule has 1 aliphatic heterocycles. The van der Waals surface area contributed by atoms with Gasteiger partial charge >= 0.3 is 12.2 Å².